The monoisotopic (exact) mass is 261 g/mol. The van der Waals surface area contributed by atoms with Gasteiger partial charge in [-0.1, -0.05) is 25.1 Å². The van der Waals surface area contributed by atoms with E-state index < -0.39 is 0 Å². The third-order valence-electron chi connectivity index (χ3n) is 3.27. The van der Waals surface area contributed by atoms with Gasteiger partial charge in [-0.05, 0) is 44.7 Å². The molecule has 1 aliphatic heterocycles. The van der Waals surface area contributed by atoms with Crippen LogP contribution in [0.1, 0.15) is 33.3 Å². The van der Waals surface area contributed by atoms with Crippen molar-refractivity contribution in [3.05, 3.63) is 29.8 Å². The zero-order valence-electron chi connectivity index (χ0n) is 12.3. The molecule has 0 bridgehead atoms. The second-order valence-electron chi connectivity index (χ2n) is 6.34. The van der Waals surface area contributed by atoms with E-state index in [1.165, 1.54) is 5.56 Å². The van der Waals surface area contributed by atoms with E-state index in [-0.39, 0.29) is 18.1 Å². The lowest BCUT2D eigenvalue weighted by atomic mass is 9.94. The fourth-order valence-corrected chi connectivity index (χ4v) is 2.39. The molecule has 0 N–H and O–H groups in total. The Balaban J connectivity index is 2.14. The van der Waals surface area contributed by atoms with Gasteiger partial charge in [0.1, 0.15) is 6.61 Å². The summed E-state index contributed by atoms with van der Waals surface area (Å²) in [4.78, 5) is 14.2. The van der Waals surface area contributed by atoms with Crippen LogP contribution in [-0.2, 0) is 16.0 Å². The van der Waals surface area contributed by atoms with Crippen molar-refractivity contribution in [1.82, 2.24) is 0 Å². The van der Waals surface area contributed by atoms with Crippen molar-refractivity contribution in [1.29, 1.82) is 0 Å². The van der Waals surface area contributed by atoms with Crippen LogP contribution < -0.4 is 4.90 Å². The van der Waals surface area contributed by atoms with Crippen molar-refractivity contribution in [2.45, 2.75) is 39.7 Å². The van der Waals surface area contributed by atoms with Crippen LogP contribution in [0.5, 0.6) is 0 Å². The minimum absolute atomic E-state index is 0.0499. The molecule has 0 aromatic heterocycles. The predicted molar refractivity (Wildman–Crippen MR) is 77.4 cm³/mol. The van der Waals surface area contributed by atoms with Crippen molar-refractivity contribution in [2.24, 2.45) is 5.92 Å². The first kappa shape index (κ1) is 14.1. The molecule has 3 nitrogen and oxygen atoms in total. The van der Waals surface area contributed by atoms with E-state index in [0.717, 1.165) is 18.7 Å². The van der Waals surface area contributed by atoms with E-state index in [0.29, 0.717) is 5.92 Å². The Morgan fingerprint density at radius 3 is 2.74 bits per heavy atom. The first-order chi connectivity index (χ1) is 8.87. The molecule has 2 rings (SSSR count). The van der Waals surface area contributed by atoms with E-state index in [1.807, 2.05) is 43.9 Å². The summed E-state index contributed by atoms with van der Waals surface area (Å²) >= 11 is 0. The summed E-state index contributed by atoms with van der Waals surface area (Å²) in [5, 5.41) is 0. The standard InChI is InChI=1S/C16H23NO2/c1-12-9-13-7-5-6-8-14(13)17(10-12)15(18)11-19-16(2,3)4/h5-8,12H,9-11H2,1-4H3. The van der Waals surface area contributed by atoms with Gasteiger partial charge in [-0.15, -0.1) is 0 Å². The maximum atomic E-state index is 12.4. The van der Waals surface area contributed by atoms with Gasteiger partial charge in [0.2, 0.25) is 0 Å². The van der Waals surface area contributed by atoms with E-state index in [9.17, 15) is 4.79 Å². The normalized spacial score (nSPS) is 19.2. The van der Waals surface area contributed by atoms with Crippen molar-refractivity contribution >= 4 is 11.6 Å². The second-order valence-corrected chi connectivity index (χ2v) is 6.34. The number of carbonyl (C=O) groups is 1. The van der Waals surface area contributed by atoms with Crippen LogP contribution >= 0.6 is 0 Å². The maximum absolute atomic E-state index is 12.4. The van der Waals surface area contributed by atoms with Crippen molar-refractivity contribution in [3.63, 3.8) is 0 Å². The molecule has 1 aliphatic rings. The van der Waals surface area contributed by atoms with Crippen LogP contribution in [0.15, 0.2) is 24.3 Å². The Morgan fingerprint density at radius 2 is 2.05 bits per heavy atom. The molecule has 1 amide bonds. The molecule has 0 spiro atoms. The summed E-state index contributed by atoms with van der Waals surface area (Å²) in [7, 11) is 0. The molecular weight excluding hydrogens is 238 g/mol. The van der Waals surface area contributed by atoms with E-state index in [4.69, 9.17) is 4.74 Å². The van der Waals surface area contributed by atoms with E-state index in [2.05, 4.69) is 13.0 Å². The number of amides is 1. The zero-order valence-corrected chi connectivity index (χ0v) is 12.3. The predicted octanol–water partition coefficient (Wildman–Crippen LogP) is 3.03. The van der Waals surface area contributed by atoms with Crippen molar-refractivity contribution in [2.75, 3.05) is 18.1 Å². The highest BCUT2D eigenvalue weighted by Gasteiger charge is 2.26. The molecule has 0 fully saturated rings. The molecular formula is C16H23NO2. The Morgan fingerprint density at radius 1 is 1.37 bits per heavy atom. The second kappa shape index (κ2) is 5.33. The number of hydrogen-bond acceptors (Lipinski definition) is 2. The number of benzene rings is 1. The molecule has 0 saturated carbocycles. The molecule has 1 unspecified atom stereocenters. The Kier molecular flexibility index (Phi) is 3.95. The molecule has 104 valence electrons. The van der Waals surface area contributed by atoms with Gasteiger partial charge in [0.05, 0.1) is 5.60 Å². The number of nitrogens with zero attached hydrogens (tertiary/aromatic N) is 1. The van der Waals surface area contributed by atoms with Crippen LogP contribution in [0.2, 0.25) is 0 Å². The molecule has 1 heterocycles. The smallest absolute Gasteiger partial charge is 0.253 e. The minimum atomic E-state index is -0.281. The molecule has 1 aromatic carbocycles. The molecule has 3 heteroatoms. The van der Waals surface area contributed by atoms with Crippen molar-refractivity contribution < 1.29 is 9.53 Å². The number of para-hydroxylation sites is 1. The first-order valence-corrected chi connectivity index (χ1v) is 6.89. The number of rotatable bonds is 2. The zero-order chi connectivity index (χ0) is 14.0. The Labute approximate surface area is 115 Å². The average Bonchev–Trinajstić information content (AvgIpc) is 2.34. The maximum Gasteiger partial charge on any atom is 0.253 e. The quantitative estimate of drug-likeness (QED) is 0.819. The van der Waals surface area contributed by atoms with Gasteiger partial charge in [0.25, 0.3) is 5.91 Å². The van der Waals surface area contributed by atoms with Gasteiger partial charge in [-0.25, -0.2) is 0 Å². The molecule has 0 radical (unpaired) electrons. The topological polar surface area (TPSA) is 29.5 Å². The summed E-state index contributed by atoms with van der Waals surface area (Å²) in [5.41, 5.74) is 2.02. The summed E-state index contributed by atoms with van der Waals surface area (Å²) in [6.07, 6.45) is 1.04. The lowest BCUT2D eigenvalue weighted by Crippen LogP contribution is -2.42. The third-order valence-corrected chi connectivity index (χ3v) is 3.27. The van der Waals surface area contributed by atoms with Crippen LogP contribution in [0, 0.1) is 5.92 Å². The van der Waals surface area contributed by atoms with Gasteiger partial charge in [0.15, 0.2) is 0 Å². The van der Waals surface area contributed by atoms with Gasteiger partial charge in [-0.2, -0.15) is 0 Å². The highest BCUT2D eigenvalue weighted by molar-refractivity contribution is 5.95. The highest BCUT2D eigenvalue weighted by atomic mass is 16.5. The van der Waals surface area contributed by atoms with Gasteiger partial charge in [0, 0.05) is 12.2 Å². The van der Waals surface area contributed by atoms with Crippen LogP contribution in [0.25, 0.3) is 0 Å². The fourth-order valence-electron chi connectivity index (χ4n) is 2.39. The lowest BCUT2D eigenvalue weighted by Gasteiger charge is -2.33. The number of carbonyl (C=O) groups excluding carboxylic acids is 1. The third kappa shape index (κ3) is 3.57. The number of ether oxygens (including phenoxy) is 1. The highest BCUT2D eigenvalue weighted by Crippen LogP contribution is 2.29. The Hall–Kier alpha value is -1.35. The molecule has 0 aliphatic carbocycles. The minimum Gasteiger partial charge on any atom is -0.366 e. The molecule has 1 aromatic rings. The SMILES string of the molecule is CC1Cc2ccccc2N(C(=O)COC(C)(C)C)C1. The van der Waals surface area contributed by atoms with Gasteiger partial charge >= 0.3 is 0 Å². The number of anilines is 1. The van der Waals surface area contributed by atoms with Gasteiger partial charge < -0.3 is 9.64 Å². The molecule has 1 atom stereocenters. The van der Waals surface area contributed by atoms with Crippen LogP contribution in [0.3, 0.4) is 0 Å². The summed E-state index contributed by atoms with van der Waals surface area (Å²) in [6, 6.07) is 8.15. The largest absolute Gasteiger partial charge is 0.366 e. The first-order valence-electron chi connectivity index (χ1n) is 6.89. The van der Waals surface area contributed by atoms with Gasteiger partial charge in [-0.3, -0.25) is 4.79 Å². The average molecular weight is 261 g/mol. The fraction of sp³-hybridized carbons (Fsp3) is 0.562. The van der Waals surface area contributed by atoms with E-state index in [1.54, 1.807) is 0 Å². The summed E-state index contributed by atoms with van der Waals surface area (Å²) < 4.78 is 5.60. The van der Waals surface area contributed by atoms with Crippen LogP contribution in [-0.4, -0.2) is 24.7 Å². The van der Waals surface area contributed by atoms with E-state index >= 15 is 0 Å². The van der Waals surface area contributed by atoms with Crippen molar-refractivity contribution in [3.8, 4) is 0 Å². The number of fused-ring (bicyclic) bond motifs is 1. The molecule has 19 heavy (non-hydrogen) atoms. The summed E-state index contributed by atoms with van der Waals surface area (Å²) in [5.74, 6) is 0.544. The Bertz CT molecular complexity index is 462. The van der Waals surface area contributed by atoms with Crippen LogP contribution in [0.4, 0.5) is 5.69 Å². The lowest BCUT2D eigenvalue weighted by molar-refractivity contribution is -0.128. The summed E-state index contributed by atoms with van der Waals surface area (Å²) in [6.45, 7) is 9.00. The number of hydrogen-bond donors (Lipinski definition) is 0. The molecule has 0 saturated heterocycles.